The number of hydrogen-bond donors (Lipinski definition) is 1. The van der Waals surface area contributed by atoms with E-state index in [0.29, 0.717) is 13.2 Å². The second-order valence-corrected chi connectivity index (χ2v) is 6.03. The van der Waals surface area contributed by atoms with Crippen molar-refractivity contribution in [2.75, 3.05) is 60.0 Å². The van der Waals surface area contributed by atoms with Gasteiger partial charge in [0.1, 0.15) is 12.4 Å². The maximum atomic E-state index is 5.78. The third-order valence-corrected chi connectivity index (χ3v) is 3.92. The van der Waals surface area contributed by atoms with E-state index in [1.165, 1.54) is 0 Å². The quantitative estimate of drug-likeness (QED) is 0.381. The number of benzene rings is 1. The molecular weight excluding hydrogens is 431 g/mol. The molecule has 1 N–H and O–H groups in total. The number of rotatable bonds is 7. The van der Waals surface area contributed by atoms with Crippen molar-refractivity contribution < 1.29 is 9.47 Å². The number of hydrogen-bond acceptors (Lipinski definition) is 4. The number of para-hydroxylation sites is 1. The zero-order valence-electron chi connectivity index (χ0n) is 15.5. The van der Waals surface area contributed by atoms with E-state index in [2.05, 4.69) is 29.1 Å². The van der Waals surface area contributed by atoms with E-state index >= 15 is 0 Å². The number of likely N-dealkylation sites (N-methyl/N-ethyl adjacent to an activating group) is 2. The summed E-state index contributed by atoms with van der Waals surface area (Å²) in [6.45, 7) is 7.70. The Kier molecular flexibility index (Phi) is 10.8. The van der Waals surface area contributed by atoms with Crippen LogP contribution in [0, 0.1) is 0 Å². The SMILES string of the molecule is CCNC(=NCC1CN(C)CCO1)N(C)CCOc1ccccc1.I. The lowest BCUT2D eigenvalue weighted by atomic mass is 10.3. The van der Waals surface area contributed by atoms with Crippen LogP contribution in [0.1, 0.15) is 6.92 Å². The topological polar surface area (TPSA) is 49.3 Å². The Bertz CT molecular complexity index is 501. The van der Waals surface area contributed by atoms with Gasteiger partial charge in [0.25, 0.3) is 0 Å². The van der Waals surface area contributed by atoms with Crippen LogP contribution >= 0.6 is 24.0 Å². The van der Waals surface area contributed by atoms with E-state index in [4.69, 9.17) is 14.5 Å². The van der Waals surface area contributed by atoms with E-state index < -0.39 is 0 Å². The summed E-state index contributed by atoms with van der Waals surface area (Å²) in [5, 5.41) is 3.33. The Hall–Kier alpha value is -1.06. The van der Waals surface area contributed by atoms with Gasteiger partial charge in [-0.05, 0) is 26.1 Å². The molecule has 1 aromatic rings. The monoisotopic (exact) mass is 462 g/mol. The summed E-state index contributed by atoms with van der Waals surface area (Å²) in [6.07, 6.45) is 0.173. The van der Waals surface area contributed by atoms with Crippen LogP contribution < -0.4 is 10.1 Å². The molecule has 0 aliphatic carbocycles. The molecule has 0 spiro atoms. The highest BCUT2D eigenvalue weighted by Gasteiger charge is 2.17. The number of guanidine groups is 1. The van der Waals surface area contributed by atoms with Gasteiger partial charge in [0.2, 0.25) is 0 Å². The molecule has 1 unspecified atom stereocenters. The average Bonchev–Trinajstić information content (AvgIpc) is 2.59. The Morgan fingerprint density at radius 2 is 2.16 bits per heavy atom. The van der Waals surface area contributed by atoms with E-state index in [-0.39, 0.29) is 30.1 Å². The molecule has 25 heavy (non-hydrogen) atoms. The molecule has 1 aromatic carbocycles. The second-order valence-electron chi connectivity index (χ2n) is 6.03. The number of halogens is 1. The van der Waals surface area contributed by atoms with Crippen LogP contribution in [0.4, 0.5) is 0 Å². The molecule has 2 rings (SSSR count). The zero-order valence-corrected chi connectivity index (χ0v) is 17.8. The number of aliphatic imine (C=N–C) groups is 1. The Labute approximate surface area is 168 Å². The maximum absolute atomic E-state index is 5.78. The van der Waals surface area contributed by atoms with Gasteiger partial charge in [0.05, 0.1) is 25.8 Å². The van der Waals surface area contributed by atoms with Crippen molar-refractivity contribution in [3.8, 4) is 5.75 Å². The molecule has 1 heterocycles. The van der Waals surface area contributed by atoms with Crippen molar-refractivity contribution in [2.45, 2.75) is 13.0 Å². The van der Waals surface area contributed by atoms with Gasteiger partial charge >= 0.3 is 0 Å². The van der Waals surface area contributed by atoms with E-state index in [9.17, 15) is 0 Å². The molecule has 7 heteroatoms. The van der Waals surface area contributed by atoms with Crippen molar-refractivity contribution in [2.24, 2.45) is 4.99 Å². The van der Waals surface area contributed by atoms with Gasteiger partial charge in [-0.15, -0.1) is 24.0 Å². The Balaban J connectivity index is 0.00000312. The first-order valence-corrected chi connectivity index (χ1v) is 8.66. The number of nitrogens with one attached hydrogen (secondary N) is 1. The van der Waals surface area contributed by atoms with E-state index in [1.54, 1.807) is 0 Å². The highest BCUT2D eigenvalue weighted by Crippen LogP contribution is 2.08. The highest BCUT2D eigenvalue weighted by atomic mass is 127. The lowest BCUT2D eigenvalue weighted by Gasteiger charge is -2.29. The van der Waals surface area contributed by atoms with Crippen molar-refractivity contribution in [1.29, 1.82) is 0 Å². The fourth-order valence-corrected chi connectivity index (χ4v) is 2.56. The molecule has 1 aliphatic heterocycles. The fourth-order valence-electron chi connectivity index (χ4n) is 2.56. The molecule has 6 nitrogen and oxygen atoms in total. The van der Waals surface area contributed by atoms with Gasteiger partial charge in [0, 0.05) is 26.7 Å². The van der Waals surface area contributed by atoms with E-state index in [0.717, 1.165) is 44.5 Å². The van der Waals surface area contributed by atoms with E-state index in [1.807, 2.05) is 37.4 Å². The minimum absolute atomic E-state index is 0. The van der Waals surface area contributed by atoms with Gasteiger partial charge in [-0.3, -0.25) is 4.99 Å². The second kappa shape index (κ2) is 12.3. The minimum atomic E-state index is 0. The van der Waals surface area contributed by atoms with Crippen molar-refractivity contribution in [3.05, 3.63) is 30.3 Å². The van der Waals surface area contributed by atoms with Crippen LogP contribution in [0.15, 0.2) is 35.3 Å². The zero-order chi connectivity index (χ0) is 17.2. The lowest BCUT2D eigenvalue weighted by molar-refractivity contribution is -0.0137. The Morgan fingerprint density at radius 3 is 2.84 bits per heavy atom. The minimum Gasteiger partial charge on any atom is -0.492 e. The molecule has 1 saturated heterocycles. The predicted molar refractivity (Wildman–Crippen MR) is 113 cm³/mol. The molecular formula is C18H31IN4O2. The summed E-state index contributed by atoms with van der Waals surface area (Å²) in [6, 6.07) is 9.88. The first-order chi connectivity index (χ1) is 11.7. The summed E-state index contributed by atoms with van der Waals surface area (Å²) < 4.78 is 11.5. The van der Waals surface area contributed by atoms with Gasteiger partial charge in [0.15, 0.2) is 5.96 Å². The highest BCUT2D eigenvalue weighted by molar-refractivity contribution is 14.0. The number of ether oxygens (including phenoxy) is 2. The fraction of sp³-hybridized carbons (Fsp3) is 0.611. The summed E-state index contributed by atoms with van der Waals surface area (Å²) in [5.74, 6) is 1.79. The molecule has 0 amide bonds. The third kappa shape index (κ3) is 8.24. The summed E-state index contributed by atoms with van der Waals surface area (Å²) in [5.41, 5.74) is 0. The van der Waals surface area contributed by atoms with Gasteiger partial charge in [-0.25, -0.2) is 0 Å². The van der Waals surface area contributed by atoms with Crippen LogP contribution in [-0.2, 0) is 4.74 Å². The van der Waals surface area contributed by atoms with Crippen molar-refractivity contribution in [1.82, 2.24) is 15.1 Å². The Morgan fingerprint density at radius 1 is 1.40 bits per heavy atom. The predicted octanol–water partition coefficient (Wildman–Crippen LogP) is 1.91. The van der Waals surface area contributed by atoms with Crippen LogP contribution in [0.2, 0.25) is 0 Å². The summed E-state index contributed by atoms with van der Waals surface area (Å²) in [4.78, 5) is 9.10. The number of morpholine rings is 1. The smallest absolute Gasteiger partial charge is 0.193 e. The summed E-state index contributed by atoms with van der Waals surface area (Å²) >= 11 is 0. The van der Waals surface area contributed by atoms with Gasteiger partial charge in [-0.1, -0.05) is 18.2 Å². The van der Waals surface area contributed by atoms with Crippen molar-refractivity contribution >= 4 is 29.9 Å². The molecule has 0 bridgehead atoms. The first-order valence-electron chi connectivity index (χ1n) is 8.66. The molecule has 0 aromatic heterocycles. The average molecular weight is 462 g/mol. The number of nitrogens with zero attached hydrogens (tertiary/aromatic N) is 3. The molecule has 1 aliphatic rings. The molecule has 1 fully saturated rings. The van der Waals surface area contributed by atoms with Crippen LogP contribution in [0.3, 0.4) is 0 Å². The van der Waals surface area contributed by atoms with Gasteiger partial charge in [-0.2, -0.15) is 0 Å². The van der Waals surface area contributed by atoms with Gasteiger partial charge < -0.3 is 24.6 Å². The van der Waals surface area contributed by atoms with Crippen LogP contribution in [-0.4, -0.2) is 81.9 Å². The lowest BCUT2D eigenvalue weighted by Crippen LogP contribution is -2.44. The summed E-state index contributed by atoms with van der Waals surface area (Å²) in [7, 11) is 4.15. The molecule has 142 valence electrons. The molecule has 0 saturated carbocycles. The van der Waals surface area contributed by atoms with Crippen molar-refractivity contribution in [3.63, 3.8) is 0 Å². The van der Waals surface area contributed by atoms with Crippen LogP contribution in [0.25, 0.3) is 0 Å². The first kappa shape index (κ1) is 22.0. The van der Waals surface area contributed by atoms with Crippen LogP contribution in [0.5, 0.6) is 5.75 Å². The third-order valence-electron chi connectivity index (χ3n) is 3.92. The normalized spacial score (nSPS) is 18.4. The standard InChI is InChI=1S/C18H30N4O2.HI/c1-4-19-18(20-14-17-15-21(2)10-12-24-17)22(3)11-13-23-16-8-6-5-7-9-16;/h5-9,17H,4,10-15H2,1-3H3,(H,19,20);1H. The largest absolute Gasteiger partial charge is 0.492 e. The molecule has 1 atom stereocenters. The maximum Gasteiger partial charge on any atom is 0.193 e. The molecule has 0 radical (unpaired) electrons.